The van der Waals surface area contributed by atoms with Crippen molar-refractivity contribution < 1.29 is 14.6 Å². The molecule has 1 aliphatic carbocycles. The first-order chi connectivity index (χ1) is 11.1. The highest BCUT2D eigenvalue weighted by atomic mass is 79.9. The lowest BCUT2D eigenvalue weighted by Gasteiger charge is -2.18. The molecule has 1 N–H and O–H groups in total. The Hall–Kier alpha value is -2.32. The van der Waals surface area contributed by atoms with E-state index in [9.17, 15) is 4.79 Å². The number of aliphatic carboxylic acids is 1. The van der Waals surface area contributed by atoms with Crippen LogP contribution in [0.1, 0.15) is 34.8 Å². The lowest BCUT2D eigenvalue weighted by Crippen LogP contribution is -2.08. The summed E-state index contributed by atoms with van der Waals surface area (Å²) >= 11 is 3.47. The fraction of sp³-hybridized carbons (Fsp3) is 0.222. The number of carboxylic acid groups (broad SMARTS) is 1. The fourth-order valence-electron chi connectivity index (χ4n) is 2.85. The van der Waals surface area contributed by atoms with E-state index in [1.54, 1.807) is 18.2 Å². The lowest BCUT2D eigenvalue weighted by atomic mass is 10.1. The maximum atomic E-state index is 11.0. The van der Waals surface area contributed by atoms with Gasteiger partial charge in [0.2, 0.25) is 0 Å². The van der Waals surface area contributed by atoms with E-state index in [-0.39, 0.29) is 12.5 Å². The van der Waals surface area contributed by atoms with Crippen molar-refractivity contribution >= 4 is 21.9 Å². The highest BCUT2D eigenvalue weighted by molar-refractivity contribution is 9.10. The summed E-state index contributed by atoms with van der Waals surface area (Å²) in [5.74, 6) is -0.446. The van der Waals surface area contributed by atoms with Gasteiger partial charge in [0.05, 0.1) is 18.1 Å². The standard InChI is InChI=1S/C18H14BrNO3/c19-14-5-3-12-4-6-16(15(12)9-14)23-17-7-11(10-20)1-2-13(17)8-18(21)22/h1-3,5,7,9,16H,4,6,8H2,(H,21,22). The molecule has 0 radical (unpaired) electrons. The summed E-state index contributed by atoms with van der Waals surface area (Å²) in [4.78, 5) is 11.0. The zero-order chi connectivity index (χ0) is 16.4. The molecule has 0 bridgehead atoms. The molecular weight excluding hydrogens is 358 g/mol. The molecule has 3 rings (SSSR count). The predicted molar refractivity (Wildman–Crippen MR) is 88.3 cm³/mol. The zero-order valence-corrected chi connectivity index (χ0v) is 13.8. The normalized spacial score (nSPS) is 15.7. The maximum absolute atomic E-state index is 11.0. The molecule has 0 amide bonds. The molecule has 1 atom stereocenters. The van der Waals surface area contributed by atoms with E-state index in [4.69, 9.17) is 15.1 Å². The third-order valence-corrected chi connectivity index (χ3v) is 4.43. The SMILES string of the molecule is N#Cc1ccc(CC(=O)O)c(OC2CCc3ccc(Br)cc32)c1. The van der Waals surface area contributed by atoms with Crippen LogP contribution >= 0.6 is 15.9 Å². The summed E-state index contributed by atoms with van der Waals surface area (Å²) in [6.45, 7) is 0. The van der Waals surface area contributed by atoms with Crippen molar-refractivity contribution in [1.29, 1.82) is 5.26 Å². The van der Waals surface area contributed by atoms with E-state index in [2.05, 4.69) is 28.1 Å². The van der Waals surface area contributed by atoms with Crippen LogP contribution in [-0.4, -0.2) is 11.1 Å². The number of benzene rings is 2. The average Bonchev–Trinajstić information content (AvgIpc) is 2.91. The van der Waals surface area contributed by atoms with Crippen LogP contribution in [0, 0.1) is 11.3 Å². The predicted octanol–water partition coefficient (Wildman–Crippen LogP) is 4.01. The van der Waals surface area contributed by atoms with Crippen LogP contribution < -0.4 is 4.74 Å². The minimum atomic E-state index is -0.922. The second-order valence-electron chi connectivity index (χ2n) is 5.49. The third-order valence-electron chi connectivity index (χ3n) is 3.94. The molecule has 0 heterocycles. The van der Waals surface area contributed by atoms with Gasteiger partial charge in [-0.1, -0.05) is 28.1 Å². The molecule has 116 valence electrons. The number of nitrogens with zero attached hydrogens (tertiary/aromatic N) is 1. The summed E-state index contributed by atoms with van der Waals surface area (Å²) in [6.07, 6.45) is 1.53. The molecule has 0 spiro atoms. The number of halogens is 1. The summed E-state index contributed by atoms with van der Waals surface area (Å²) in [5, 5.41) is 18.1. The Kier molecular flexibility index (Phi) is 4.35. The van der Waals surface area contributed by atoms with Crippen molar-refractivity contribution in [2.45, 2.75) is 25.4 Å². The quantitative estimate of drug-likeness (QED) is 0.880. The molecule has 4 nitrogen and oxygen atoms in total. The number of hydrogen-bond acceptors (Lipinski definition) is 3. The minimum Gasteiger partial charge on any atom is -0.485 e. The number of nitriles is 1. The number of hydrogen-bond donors (Lipinski definition) is 1. The van der Waals surface area contributed by atoms with Gasteiger partial charge in [0, 0.05) is 10.0 Å². The van der Waals surface area contributed by atoms with Crippen molar-refractivity contribution in [3.8, 4) is 11.8 Å². The van der Waals surface area contributed by atoms with Gasteiger partial charge < -0.3 is 9.84 Å². The van der Waals surface area contributed by atoms with Crippen molar-refractivity contribution in [2.24, 2.45) is 0 Å². The van der Waals surface area contributed by atoms with Crippen molar-refractivity contribution in [2.75, 3.05) is 0 Å². The summed E-state index contributed by atoms with van der Waals surface area (Å²) < 4.78 is 7.09. The van der Waals surface area contributed by atoms with Gasteiger partial charge in [-0.3, -0.25) is 4.79 Å². The van der Waals surface area contributed by atoms with Crippen LogP contribution in [0.15, 0.2) is 40.9 Å². The summed E-state index contributed by atoms with van der Waals surface area (Å²) in [5.41, 5.74) is 3.40. The van der Waals surface area contributed by atoms with Crippen LogP contribution in [0.5, 0.6) is 5.75 Å². The molecule has 0 saturated heterocycles. The maximum Gasteiger partial charge on any atom is 0.307 e. The van der Waals surface area contributed by atoms with E-state index < -0.39 is 5.97 Å². The van der Waals surface area contributed by atoms with Gasteiger partial charge in [-0.05, 0) is 48.2 Å². The second kappa shape index (κ2) is 6.43. The van der Waals surface area contributed by atoms with Crippen molar-refractivity contribution in [3.05, 3.63) is 63.1 Å². The first kappa shape index (κ1) is 15.6. The van der Waals surface area contributed by atoms with Crippen LogP contribution in [0.2, 0.25) is 0 Å². The van der Waals surface area contributed by atoms with Crippen molar-refractivity contribution in [1.82, 2.24) is 0 Å². The van der Waals surface area contributed by atoms with Crippen molar-refractivity contribution in [3.63, 3.8) is 0 Å². The van der Waals surface area contributed by atoms with Crippen LogP contribution in [0.4, 0.5) is 0 Å². The fourth-order valence-corrected chi connectivity index (χ4v) is 3.23. The van der Waals surface area contributed by atoms with Gasteiger partial charge in [-0.2, -0.15) is 5.26 Å². The Balaban J connectivity index is 1.93. The average molecular weight is 372 g/mol. The molecule has 1 aliphatic rings. The lowest BCUT2D eigenvalue weighted by molar-refractivity contribution is -0.136. The van der Waals surface area contributed by atoms with Gasteiger partial charge in [0.25, 0.3) is 0 Å². The first-order valence-corrected chi connectivity index (χ1v) is 8.06. The second-order valence-corrected chi connectivity index (χ2v) is 6.41. The largest absolute Gasteiger partial charge is 0.485 e. The van der Waals surface area contributed by atoms with E-state index in [0.29, 0.717) is 16.9 Å². The number of aryl methyl sites for hydroxylation is 1. The number of rotatable bonds is 4. The van der Waals surface area contributed by atoms with E-state index in [0.717, 1.165) is 22.9 Å². The Morgan fingerprint density at radius 3 is 2.91 bits per heavy atom. The molecule has 0 aromatic heterocycles. The highest BCUT2D eigenvalue weighted by Crippen LogP contribution is 2.37. The molecule has 0 aliphatic heterocycles. The number of carboxylic acids is 1. The Bertz CT molecular complexity index is 810. The van der Waals surface area contributed by atoms with Crippen LogP contribution in [0.3, 0.4) is 0 Å². The molecule has 2 aromatic rings. The number of fused-ring (bicyclic) bond motifs is 1. The van der Waals surface area contributed by atoms with E-state index in [1.165, 1.54) is 5.56 Å². The smallest absolute Gasteiger partial charge is 0.307 e. The molecule has 1 unspecified atom stereocenters. The Morgan fingerprint density at radius 1 is 1.35 bits per heavy atom. The van der Waals surface area contributed by atoms with Crippen LogP contribution in [0.25, 0.3) is 0 Å². The van der Waals surface area contributed by atoms with Gasteiger partial charge in [-0.15, -0.1) is 0 Å². The Labute approximate surface area is 142 Å². The molecular formula is C18H14BrNO3. The molecule has 0 saturated carbocycles. The number of carbonyl (C=O) groups is 1. The van der Waals surface area contributed by atoms with Gasteiger partial charge in [0.1, 0.15) is 11.9 Å². The molecule has 2 aromatic carbocycles. The minimum absolute atomic E-state index is 0.121. The van der Waals surface area contributed by atoms with Gasteiger partial charge >= 0.3 is 5.97 Å². The van der Waals surface area contributed by atoms with Gasteiger partial charge in [0.15, 0.2) is 0 Å². The molecule has 23 heavy (non-hydrogen) atoms. The topological polar surface area (TPSA) is 70.3 Å². The van der Waals surface area contributed by atoms with E-state index in [1.807, 2.05) is 12.1 Å². The number of ether oxygens (including phenoxy) is 1. The third kappa shape index (κ3) is 3.38. The van der Waals surface area contributed by atoms with Gasteiger partial charge in [-0.25, -0.2) is 0 Å². The summed E-state index contributed by atoms with van der Waals surface area (Å²) in [6, 6.07) is 13.1. The molecule has 0 fully saturated rings. The monoisotopic (exact) mass is 371 g/mol. The zero-order valence-electron chi connectivity index (χ0n) is 12.3. The Morgan fingerprint density at radius 2 is 2.17 bits per heavy atom. The highest BCUT2D eigenvalue weighted by Gasteiger charge is 2.25. The first-order valence-electron chi connectivity index (χ1n) is 7.26. The van der Waals surface area contributed by atoms with Crippen LogP contribution in [-0.2, 0) is 17.6 Å². The summed E-state index contributed by atoms with van der Waals surface area (Å²) in [7, 11) is 0. The molecule has 5 heteroatoms. The van der Waals surface area contributed by atoms with E-state index >= 15 is 0 Å².